The molecule has 5 nitrogen and oxygen atoms in total. The molecule has 2 atom stereocenters. The lowest BCUT2D eigenvalue weighted by molar-refractivity contribution is 0.133. The molecule has 1 aliphatic rings. The number of carbonyl (C=O) groups is 1. The van der Waals surface area contributed by atoms with E-state index in [0.29, 0.717) is 6.54 Å². The molecule has 2 unspecified atom stereocenters. The summed E-state index contributed by atoms with van der Waals surface area (Å²) in [5.41, 5.74) is 2.80. The third-order valence-corrected chi connectivity index (χ3v) is 5.16. The first-order valence-corrected chi connectivity index (χ1v) is 8.75. The van der Waals surface area contributed by atoms with Crippen LogP contribution in [0.2, 0.25) is 0 Å². The number of hydrogen-bond acceptors (Lipinski definition) is 4. The third kappa shape index (κ3) is 4.09. The molecule has 3 rings (SSSR count). The predicted molar refractivity (Wildman–Crippen MR) is 92.7 cm³/mol. The van der Waals surface area contributed by atoms with Gasteiger partial charge in [0.15, 0.2) is 0 Å². The number of nitrogens with one attached hydrogen (secondary N) is 2. The van der Waals surface area contributed by atoms with Crippen LogP contribution in [0.15, 0.2) is 29.6 Å². The molecule has 1 fully saturated rings. The summed E-state index contributed by atoms with van der Waals surface area (Å²) in [5.74, 6) is 0.177. The van der Waals surface area contributed by atoms with Crippen molar-refractivity contribution >= 4 is 23.1 Å². The summed E-state index contributed by atoms with van der Waals surface area (Å²) < 4.78 is 0. The summed E-state index contributed by atoms with van der Waals surface area (Å²) in [6.07, 6.45) is 2.57. The van der Waals surface area contributed by atoms with Gasteiger partial charge in [0.05, 0.1) is 6.10 Å². The number of nitrogens with zero attached hydrogens (tertiary/aromatic N) is 1. The Morgan fingerprint density at radius 3 is 2.74 bits per heavy atom. The summed E-state index contributed by atoms with van der Waals surface area (Å²) >= 11 is 1.61. The lowest BCUT2D eigenvalue weighted by atomic mass is 10.1. The van der Waals surface area contributed by atoms with E-state index in [1.54, 1.807) is 11.3 Å². The lowest BCUT2D eigenvalue weighted by Gasteiger charge is -2.15. The van der Waals surface area contributed by atoms with Gasteiger partial charge in [-0.2, -0.15) is 0 Å². The van der Waals surface area contributed by atoms with Crippen LogP contribution in [0, 0.1) is 12.8 Å². The molecule has 6 heteroatoms. The van der Waals surface area contributed by atoms with Gasteiger partial charge in [-0.1, -0.05) is 6.42 Å². The SMILES string of the molecule is Cc1csc(-c2ccc(NC(=O)NCC3CCCC3O)cc2)n1. The molecule has 23 heavy (non-hydrogen) atoms. The molecule has 0 aliphatic heterocycles. The van der Waals surface area contributed by atoms with Crippen LogP contribution in [0.3, 0.4) is 0 Å². The molecule has 1 saturated carbocycles. The normalized spacial score (nSPS) is 20.4. The molecule has 2 amide bonds. The lowest BCUT2D eigenvalue weighted by Crippen LogP contribution is -2.35. The van der Waals surface area contributed by atoms with Crippen LogP contribution in [-0.4, -0.2) is 28.8 Å². The summed E-state index contributed by atoms with van der Waals surface area (Å²) in [5, 5.41) is 18.4. The zero-order chi connectivity index (χ0) is 16.2. The molecule has 1 aromatic carbocycles. The maximum atomic E-state index is 11.9. The van der Waals surface area contributed by atoms with E-state index >= 15 is 0 Å². The largest absolute Gasteiger partial charge is 0.393 e. The number of aliphatic hydroxyl groups is 1. The molecule has 0 saturated heterocycles. The van der Waals surface area contributed by atoms with Gasteiger partial charge in [0.1, 0.15) is 5.01 Å². The molecule has 3 N–H and O–H groups in total. The van der Waals surface area contributed by atoms with E-state index in [4.69, 9.17) is 0 Å². The number of aromatic nitrogens is 1. The summed E-state index contributed by atoms with van der Waals surface area (Å²) in [6.45, 7) is 2.49. The minimum absolute atomic E-state index is 0.177. The zero-order valence-electron chi connectivity index (χ0n) is 13.1. The Kier molecular flexibility index (Phi) is 4.93. The first-order chi connectivity index (χ1) is 11.1. The number of amides is 2. The smallest absolute Gasteiger partial charge is 0.319 e. The maximum Gasteiger partial charge on any atom is 0.319 e. The Morgan fingerprint density at radius 2 is 2.13 bits per heavy atom. The molecule has 0 spiro atoms. The Morgan fingerprint density at radius 1 is 1.35 bits per heavy atom. The van der Waals surface area contributed by atoms with Crippen molar-refractivity contribution in [1.82, 2.24) is 10.3 Å². The second kappa shape index (κ2) is 7.10. The number of thiazole rings is 1. The van der Waals surface area contributed by atoms with Gasteiger partial charge >= 0.3 is 6.03 Å². The van der Waals surface area contributed by atoms with Crippen molar-refractivity contribution in [3.8, 4) is 10.6 Å². The average molecular weight is 331 g/mol. The number of aryl methyl sites for hydroxylation is 1. The standard InChI is InChI=1S/C17H21N3O2S/c1-11-10-23-16(19-11)12-5-7-14(8-6-12)20-17(22)18-9-13-3-2-4-15(13)21/h5-8,10,13,15,21H,2-4,9H2,1H3,(H2,18,20,22). The monoisotopic (exact) mass is 331 g/mol. The molecule has 1 aromatic heterocycles. The molecule has 1 heterocycles. The molecule has 0 radical (unpaired) electrons. The number of carbonyl (C=O) groups excluding carboxylic acids is 1. The third-order valence-electron chi connectivity index (χ3n) is 4.15. The van der Waals surface area contributed by atoms with E-state index in [9.17, 15) is 9.90 Å². The average Bonchev–Trinajstić information content (AvgIpc) is 3.15. The Balaban J connectivity index is 1.52. The van der Waals surface area contributed by atoms with Crippen molar-refractivity contribution < 1.29 is 9.90 Å². The maximum absolute atomic E-state index is 11.9. The van der Waals surface area contributed by atoms with Crippen LogP contribution in [-0.2, 0) is 0 Å². The number of benzene rings is 1. The minimum atomic E-state index is -0.281. The van der Waals surface area contributed by atoms with Crippen molar-refractivity contribution in [2.45, 2.75) is 32.3 Å². The van der Waals surface area contributed by atoms with Crippen LogP contribution < -0.4 is 10.6 Å². The predicted octanol–water partition coefficient (Wildman–Crippen LogP) is 3.40. The Hall–Kier alpha value is -1.92. The van der Waals surface area contributed by atoms with Crippen LogP contribution in [0.1, 0.15) is 25.0 Å². The molecular formula is C17H21N3O2S. The van der Waals surface area contributed by atoms with Crippen molar-refractivity contribution in [2.24, 2.45) is 5.92 Å². The quantitative estimate of drug-likeness (QED) is 0.804. The number of anilines is 1. The van der Waals surface area contributed by atoms with Gasteiger partial charge in [0.2, 0.25) is 0 Å². The first-order valence-electron chi connectivity index (χ1n) is 7.87. The van der Waals surface area contributed by atoms with Crippen LogP contribution in [0.4, 0.5) is 10.5 Å². The summed E-state index contributed by atoms with van der Waals surface area (Å²) in [6, 6.07) is 7.41. The second-order valence-electron chi connectivity index (χ2n) is 5.96. The van der Waals surface area contributed by atoms with Crippen LogP contribution >= 0.6 is 11.3 Å². The molecular weight excluding hydrogens is 310 g/mol. The van der Waals surface area contributed by atoms with Crippen molar-refractivity contribution in [1.29, 1.82) is 0 Å². The van der Waals surface area contributed by atoms with Crippen LogP contribution in [0.25, 0.3) is 10.6 Å². The van der Waals surface area contributed by atoms with E-state index in [0.717, 1.165) is 41.2 Å². The number of rotatable bonds is 4. The minimum Gasteiger partial charge on any atom is -0.393 e. The van der Waals surface area contributed by atoms with Gasteiger partial charge in [-0.3, -0.25) is 0 Å². The highest BCUT2D eigenvalue weighted by Gasteiger charge is 2.25. The van der Waals surface area contributed by atoms with Gasteiger partial charge < -0.3 is 15.7 Å². The van der Waals surface area contributed by atoms with Crippen molar-refractivity contribution in [3.63, 3.8) is 0 Å². The molecule has 122 valence electrons. The highest BCUT2D eigenvalue weighted by molar-refractivity contribution is 7.13. The van der Waals surface area contributed by atoms with E-state index in [2.05, 4.69) is 15.6 Å². The fourth-order valence-corrected chi connectivity index (χ4v) is 3.64. The van der Waals surface area contributed by atoms with Crippen molar-refractivity contribution in [3.05, 3.63) is 35.3 Å². The van der Waals surface area contributed by atoms with Gasteiger partial charge in [0.25, 0.3) is 0 Å². The fourth-order valence-electron chi connectivity index (χ4n) is 2.84. The second-order valence-corrected chi connectivity index (χ2v) is 6.82. The highest BCUT2D eigenvalue weighted by Crippen LogP contribution is 2.25. The number of urea groups is 1. The molecule has 0 bridgehead atoms. The Labute approximate surface area is 139 Å². The van der Waals surface area contributed by atoms with E-state index in [1.807, 2.05) is 36.6 Å². The topological polar surface area (TPSA) is 74.2 Å². The van der Waals surface area contributed by atoms with Gasteiger partial charge in [-0.25, -0.2) is 9.78 Å². The van der Waals surface area contributed by atoms with Crippen LogP contribution in [0.5, 0.6) is 0 Å². The summed E-state index contributed by atoms with van der Waals surface area (Å²) in [4.78, 5) is 16.4. The van der Waals surface area contributed by atoms with E-state index in [1.165, 1.54) is 0 Å². The first kappa shape index (κ1) is 16.0. The Bertz CT molecular complexity index is 669. The van der Waals surface area contributed by atoms with E-state index in [-0.39, 0.29) is 18.1 Å². The zero-order valence-corrected chi connectivity index (χ0v) is 13.9. The molecule has 2 aromatic rings. The molecule has 1 aliphatic carbocycles. The van der Waals surface area contributed by atoms with Gasteiger partial charge in [0, 0.05) is 34.8 Å². The summed E-state index contributed by atoms with van der Waals surface area (Å²) in [7, 11) is 0. The number of aliphatic hydroxyl groups excluding tert-OH is 1. The number of hydrogen-bond donors (Lipinski definition) is 3. The van der Waals surface area contributed by atoms with Crippen molar-refractivity contribution in [2.75, 3.05) is 11.9 Å². The highest BCUT2D eigenvalue weighted by atomic mass is 32.1. The fraction of sp³-hybridized carbons (Fsp3) is 0.412. The van der Waals surface area contributed by atoms with Gasteiger partial charge in [-0.05, 0) is 44.0 Å². The van der Waals surface area contributed by atoms with Gasteiger partial charge in [-0.15, -0.1) is 11.3 Å². The van der Waals surface area contributed by atoms with E-state index < -0.39 is 0 Å².